The third-order valence-electron chi connectivity index (χ3n) is 3.91. The van der Waals surface area contributed by atoms with Gasteiger partial charge in [-0.1, -0.05) is 19.1 Å². The maximum atomic E-state index is 9.81. The van der Waals surface area contributed by atoms with Gasteiger partial charge in [-0.15, -0.1) is 0 Å². The SMILES string of the molecule is COc1ccccc1NC1(CO)CCNCC1C. The van der Waals surface area contributed by atoms with Gasteiger partial charge < -0.3 is 20.5 Å². The molecule has 0 aliphatic carbocycles. The first-order valence-corrected chi connectivity index (χ1v) is 6.44. The van der Waals surface area contributed by atoms with Gasteiger partial charge in [0.25, 0.3) is 0 Å². The molecule has 1 aliphatic rings. The zero-order valence-corrected chi connectivity index (χ0v) is 11.1. The van der Waals surface area contributed by atoms with Crippen molar-refractivity contribution < 1.29 is 9.84 Å². The van der Waals surface area contributed by atoms with E-state index in [1.807, 2.05) is 24.3 Å². The Labute approximate surface area is 108 Å². The first-order valence-electron chi connectivity index (χ1n) is 6.44. The van der Waals surface area contributed by atoms with Crippen LogP contribution >= 0.6 is 0 Å². The van der Waals surface area contributed by atoms with Crippen LogP contribution in [0.1, 0.15) is 13.3 Å². The lowest BCUT2D eigenvalue weighted by Crippen LogP contribution is -2.56. The summed E-state index contributed by atoms with van der Waals surface area (Å²) >= 11 is 0. The average Bonchev–Trinajstić information content (AvgIpc) is 2.42. The van der Waals surface area contributed by atoms with Crippen molar-refractivity contribution in [2.24, 2.45) is 5.92 Å². The van der Waals surface area contributed by atoms with Crippen LogP contribution in [0.2, 0.25) is 0 Å². The standard InChI is InChI=1S/C14H22N2O2/c1-11-9-15-8-7-14(11,10-17)16-12-5-3-4-6-13(12)18-2/h3-6,11,15-17H,7-10H2,1-2H3. The number of rotatable bonds is 4. The highest BCUT2D eigenvalue weighted by molar-refractivity contribution is 5.58. The van der Waals surface area contributed by atoms with Crippen LogP contribution in [0, 0.1) is 5.92 Å². The van der Waals surface area contributed by atoms with Gasteiger partial charge in [0.2, 0.25) is 0 Å². The van der Waals surface area contributed by atoms with Crippen LogP contribution in [0.4, 0.5) is 5.69 Å². The van der Waals surface area contributed by atoms with Crippen molar-refractivity contribution in [3.8, 4) is 5.75 Å². The Balaban J connectivity index is 2.24. The van der Waals surface area contributed by atoms with Gasteiger partial charge in [-0.05, 0) is 31.0 Å². The highest BCUT2D eigenvalue weighted by Crippen LogP contribution is 2.32. The average molecular weight is 250 g/mol. The van der Waals surface area contributed by atoms with E-state index in [1.165, 1.54) is 0 Å². The molecule has 100 valence electrons. The summed E-state index contributed by atoms with van der Waals surface area (Å²) in [5.74, 6) is 1.18. The van der Waals surface area contributed by atoms with E-state index in [0.717, 1.165) is 30.9 Å². The van der Waals surface area contributed by atoms with Gasteiger partial charge in [-0.25, -0.2) is 0 Å². The van der Waals surface area contributed by atoms with Crippen LogP contribution in [0.25, 0.3) is 0 Å². The van der Waals surface area contributed by atoms with Gasteiger partial charge in [0.1, 0.15) is 5.75 Å². The number of aliphatic hydroxyl groups is 1. The predicted molar refractivity (Wildman–Crippen MR) is 73.1 cm³/mol. The van der Waals surface area contributed by atoms with Crippen LogP contribution in [-0.4, -0.2) is 37.5 Å². The molecular formula is C14H22N2O2. The minimum absolute atomic E-state index is 0.133. The van der Waals surface area contributed by atoms with Gasteiger partial charge >= 0.3 is 0 Å². The normalized spacial score (nSPS) is 27.8. The largest absolute Gasteiger partial charge is 0.495 e. The van der Waals surface area contributed by atoms with E-state index in [4.69, 9.17) is 4.74 Å². The lowest BCUT2D eigenvalue weighted by atomic mass is 9.80. The minimum Gasteiger partial charge on any atom is -0.495 e. The van der Waals surface area contributed by atoms with E-state index < -0.39 is 0 Å². The Morgan fingerprint density at radius 3 is 2.94 bits per heavy atom. The van der Waals surface area contributed by atoms with Crippen molar-refractivity contribution in [2.45, 2.75) is 18.9 Å². The highest BCUT2D eigenvalue weighted by atomic mass is 16.5. The molecule has 1 aromatic carbocycles. The van der Waals surface area contributed by atoms with Crippen LogP contribution in [0.5, 0.6) is 5.75 Å². The Hall–Kier alpha value is -1.26. The van der Waals surface area contributed by atoms with Gasteiger partial charge in [0.05, 0.1) is 24.9 Å². The molecule has 0 spiro atoms. The van der Waals surface area contributed by atoms with E-state index in [1.54, 1.807) is 7.11 Å². The molecule has 1 saturated heterocycles. The molecule has 0 amide bonds. The number of nitrogens with one attached hydrogen (secondary N) is 2. The minimum atomic E-state index is -0.264. The summed E-state index contributed by atoms with van der Waals surface area (Å²) in [6.45, 7) is 4.13. The number of ether oxygens (including phenoxy) is 1. The van der Waals surface area contributed by atoms with Crippen LogP contribution < -0.4 is 15.4 Å². The van der Waals surface area contributed by atoms with E-state index in [0.29, 0.717) is 5.92 Å². The summed E-state index contributed by atoms with van der Waals surface area (Å²) in [7, 11) is 1.66. The van der Waals surface area contributed by atoms with E-state index in [-0.39, 0.29) is 12.1 Å². The Kier molecular flexibility index (Phi) is 4.09. The zero-order chi connectivity index (χ0) is 13.0. The van der Waals surface area contributed by atoms with Crippen molar-refractivity contribution in [2.75, 3.05) is 32.1 Å². The van der Waals surface area contributed by atoms with E-state index in [9.17, 15) is 5.11 Å². The van der Waals surface area contributed by atoms with Gasteiger partial charge in [-0.3, -0.25) is 0 Å². The first kappa shape index (κ1) is 13.2. The number of benzene rings is 1. The monoisotopic (exact) mass is 250 g/mol. The first-order chi connectivity index (χ1) is 8.72. The Morgan fingerprint density at radius 2 is 2.28 bits per heavy atom. The van der Waals surface area contributed by atoms with Gasteiger partial charge in [-0.2, -0.15) is 0 Å². The molecule has 0 aromatic heterocycles. The van der Waals surface area contributed by atoms with Crippen molar-refractivity contribution >= 4 is 5.69 Å². The molecule has 1 aliphatic heterocycles. The second-order valence-corrected chi connectivity index (χ2v) is 4.99. The maximum Gasteiger partial charge on any atom is 0.141 e. The highest BCUT2D eigenvalue weighted by Gasteiger charge is 2.38. The summed E-state index contributed by atoms with van der Waals surface area (Å²) in [4.78, 5) is 0. The number of piperidine rings is 1. The molecule has 1 fully saturated rings. The van der Waals surface area contributed by atoms with Crippen molar-refractivity contribution in [1.29, 1.82) is 0 Å². The fourth-order valence-electron chi connectivity index (χ4n) is 2.55. The second kappa shape index (κ2) is 5.59. The molecule has 1 aromatic rings. The molecule has 2 unspecified atom stereocenters. The Morgan fingerprint density at radius 1 is 1.50 bits per heavy atom. The Bertz CT molecular complexity index is 397. The molecule has 0 saturated carbocycles. The van der Waals surface area contributed by atoms with Crippen LogP contribution in [0.3, 0.4) is 0 Å². The summed E-state index contributed by atoms with van der Waals surface area (Å²) in [5, 5.41) is 16.7. The lowest BCUT2D eigenvalue weighted by molar-refractivity contribution is 0.135. The predicted octanol–water partition coefficient (Wildman–Crippen LogP) is 1.47. The third kappa shape index (κ3) is 2.44. The number of hydrogen-bond donors (Lipinski definition) is 3. The fourth-order valence-corrected chi connectivity index (χ4v) is 2.55. The van der Waals surface area contributed by atoms with Gasteiger partial charge in [0, 0.05) is 6.54 Å². The quantitative estimate of drug-likeness (QED) is 0.757. The molecule has 2 atom stereocenters. The molecule has 0 bridgehead atoms. The van der Waals surface area contributed by atoms with E-state index in [2.05, 4.69) is 17.6 Å². The van der Waals surface area contributed by atoms with E-state index >= 15 is 0 Å². The number of aliphatic hydroxyl groups excluding tert-OH is 1. The number of methoxy groups -OCH3 is 1. The number of para-hydroxylation sites is 2. The smallest absolute Gasteiger partial charge is 0.141 e. The molecule has 1 heterocycles. The summed E-state index contributed by atoms with van der Waals surface area (Å²) in [6, 6.07) is 7.84. The van der Waals surface area contributed by atoms with Crippen LogP contribution in [-0.2, 0) is 0 Å². The maximum absolute atomic E-state index is 9.81. The molecule has 4 nitrogen and oxygen atoms in total. The summed E-state index contributed by atoms with van der Waals surface area (Å²) < 4.78 is 5.35. The number of hydrogen-bond acceptors (Lipinski definition) is 4. The zero-order valence-electron chi connectivity index (χ0n) is 11.1. The van der Waals surface area contributed by atoms with Crippen LogP contribution in [0.15, 0.2) is 24.3 Å². The van der Waals surface area contributed by atoms with Gasteiger partial charge in [0.15, 0.2) is 0 Å². The topological polar surface area (TPSA) is 53.5 Å². The fraction of sp³-hybridized carbons (Fsp3) is 0.571. The molecule has 0 radical (unpaired) electrons. The summed E-state index contributed by atoms with van der Waals surface area (Å²) in [5.41, 5.74) is 0.683. The van der Waals surface area contributed by atoms with Crippen molar-refractivity contribution in [3.63, 3.8) is 0 Å². The van der Waals surface area contributed by atoms with Crippen molar-refractivity contribution in [3.05, 3.63) is 24.3 Å². The van der Waals surface area contributed by atoms with Crippen molar-refractivity contribution in [1.82, 2.24) is 5.32 Å². The third-order valence-corrected chi connectivity index (χ3v) is 3.91. The molecule has 2 rings (SSSR count). The molecular weight excluding hydrogens is 228 g/mol. The lowest BCUT2D eigenvalue weighted by Gasteiger charge is -2.43. The molecule has 18 heavy (non-hydrogen) atoms. The second-order valence-electron chi connectivity index (χ2n) is 4.99. The number of anilines is 1. The molecule has 3 N–H and O–H groups in total. The molecule has 4 heteroatoms. The summed E-state index contributed by atoms with van der Waals surface area (Å²) in [6.07, 6.45) is 0.905.